The Balaban J connectivity index is 2.72. The lowest BCUT2D eigenvalue weighted by Gasteiger charge is -2.16. The van der Waals surface area contributed by atoms with E-state index in [-0.39, 0.29) is 0 Å². The first-order valence-electron chi connectivity index (χ1n) is 7.61. The van der Waals surface area contributed by atoms with Crippen molar-refractivity contribution in [1.29, 1.82) is 0 Å². The maximum Gasteiger partial charge on any atom is 0.329 e. The average Bonchev–Trinajstić information content (AvgIpc) is 2.61. The van der Waals surface area contributed by atoms with Gasteiger partial charge in [-0.05, 0) is 37.6 Å². The van der Waals surface area contributed by atoms with Crippen LogP contribution in [0.2, 0.25) is 0 Å². The van der Waals surface area contributed by atoms with E-state index < -0.39 is 11.8 Å². The van der Waals surface area contributed by atoms with Gasteiger partial charge in [-0.3, -0.25) is 9.59 Å². The highest BCUT2D eigenvalue weighted by atomic mass is 16.5. The van der Waals surface area contributed by atoms with Crippen LogP contribution in [0.4, 0.5) is 0 Å². The zero-order valence-corrected chi connectivity index (χ0v) is 14.2. The third kappa shape index (κ3) is 5.42. The van der Waals surface area contributed by atoms with Crippen LogP contribution in [-0.2, 0) is 9.59 Å². The Hall–Kier alpha value is -2.83. The molecule has 0 aliphatic rings. The second kappa shape index (κ2) is 10.0. The number of likely N-dealkylation sites (N-methyl/N-ethyl adjacent to an activating group) is 1. The zero-order chi connectivity index (χ0) is 17.9. The summed E-state index contributed by atoms with van der Waals surface area (Å²) in [4.78, 5) is 24.9. The van der Waals surface area contributed by atoms with E-state index in [1.165, 1.54) is 18.2 Å². The number of rotatable bonds is 8. The largest absolute Gasteiger partial charge is 0.493 e. The van der Waals surface area contributed by atoms with E-state index in [0.717, 1.165) is 0 Å². The third-order valence-electron chi connectivity index (χ3n) is 3.17. The van der Waals surface area contributed by atoms with Crippen LogP contribution in [-0.4, -0.2) is 49.7 Å². The summed E-state index contributed by atoms with van der Waals surface area (Å²) in [5.41, 5.74) is 2.91. The molecule has 1 rings (SSSR count). The van der Waals surface area contributed by atoms with Crippen LogP contribution < -0.4 is 14.9 Å². The van der Waals surface area contributed by atoms with Gasteiger partial charge in [0, 0.05) is 13.1 Å². The second-order valence-electron chi connectivity index (χ2n) is 4.69. The van der Waals surface area contributed by atoms with Crippen molar-refractivity contribution >= 4 is 18.0 Å². The first-order chi connectivity index (χ1) is 11.6. The first-order valence-corrected chi connectivity index (χ1v) is 7.61. The van der Waals surface area contributed by atoms with Gasteiger partial charge in [-0.1, -0.05) is 12.7 Å². The van der Waals surface area contributed by atoms with E-state index in [2.05, 4.69) is 17.1 Å². The number of hydrogen-bond donors (Lipinski definition) is 1. The summed E-state index contributed by atoms with van der Waals surface area (Å²) in [6.45, 7) is 8.50. The topological polar surface area (TPSA) is 80.2 Å². The molecule has 0 aromatic heterocycles. The lowest BCUT2D eigenvalue weighted by atomic mass is 10.2. The Bertz CT molecular complexity index is 610. The van der Waals surface area contributed by atoms with Crippen LogP contribution in [0.3, 0.4) is 0 Å². The molecule has 7 nitrogen and oxygen atoms in total. The van der Waals surface area contributed by atoms with Crippen LogP contribution in [0.25, 0.3) is 0 Å². The molecule has 130 valence electrons. The number of nitrogens with zero attached hydrogens (tertiary/aromatic N) is 2. The molecule has 0 atom stereocenters. The Morgan fingerprint density at radius 2 is 2.00 bits per heavy atom. The normalized spacial score (nSPS) is 10.3. The van der Waals surface area contributed by atoms with E-state index in [0.29, 0.717) is 36.8 Å². The van der Waals surface area contributed by atoms with Crippen molar-refractivity contribution in [3.05, 3.63) is 36.4 Å². The van der Waals surface area contributed by atoms with E-state index in [1.807, 2.05) is 0 Å². The molecule has 0 heterocycles. The molecule has 0 fully saturated rings. The second-order valence-corrected chi connectivity index (χ2v) is 4.69. The van der Waals surface area contributed by atoms with Crippen molar-refractivity contribution in [2.24, 2.45) is 5.10 Å². The third-order valence-corrected chi connectivity index (χ3v) is 3.17. The van der Waals surface area contributed by atoms with Crippen molar-refractivity contribution in [2.75, 3.05) is 26.8 Å². The molecule has 0 aliphatic carbocycles. The van der Waals surface area contributed by atoms with E-state index in [4.69, 9.17) is 9.47 Å². The number of carbonyl (C=O) groups is 2. The highest BCUT2D eigenvalue weighted by molar-refractivity contribution is 6.34. The Morgan fingerprint density at radius 3 is 2.58 bits per heavy atom. The van der Waals surface area contributed by atoms with Crippen LogP contribution in [0.5, 0.6) is 11.5 Å². The molecule has 1 aromatic rings. The van der Waals surface area contributed by atoms with Crippen LogP contribution in [0.15, 0.2) is 36.0 Å². The Kier molecular flexibility index (Phi) is 8.04. The number of hydrazone groups is 1. The van der Waals surface area contributed by atoms with E-state index in [9.17, 15) is 9.59 Å². The first kappa shape index (κ1) is 19.2. The van der Waals surface area contributed by atoms with Crippen molar-refractivity contribution < 1.29 is 19.1 Å². The molecular weight excluding hydrogens is 310 g/mol. The molecule has 1 N–H and O–H groups in total. The van der Waals surface area contributed by atoms with Crippen molar-refractivity contribution in [3.63, 3.8) is 0 Å². The molecule has 0 saturated carbocycles. The molecule has 0 radical (unpaired) electrons. The van der Waals surface area contributed by atoms with Gasteiger partial charge in [0.1, 0.15) is 6.61 Å². The molecular formula is C17H23N3O4. The predicted molar refractivity (Wildman–Crippen MR) is 92.4 cm³/mol. The summed E-state index contributed by atoms with van der Waals surface area (Å²) in [7, 11) is 1.53. The summed E-state index contributed by atoms with van der Waals surface area (Å²) in [5.74, 6) is -0.266. The van der Waals surface area contributed by atoms with Gasteiger partial charge in [0.15, 0.2) is 11.5 Å². The van der Waals surface area contributed by atoms with Crippen LogP contribution >= 0.6 is 0 Å². The number of methoxy groups -OCH3 is 1. The van der Waals surface area contributed by atoms with E-state index >= 15 is 0 Å². The lowest BCUT2D eigenvalue weighted by molar-refractivity contribution is -0.145. The minimum Gasteiger partial charge on any atom is -0.493 e. The predicted octanol–water partition coefficient (Wildman–Crippen LogP) is 1.58. The highest BCUT2D eigenvalue weighted by Gasteiger charge is 2.18. The average molecular weight is 333 g/mol. The molecule has 0 spiro atoms. The molecule has 1 aromatic carbocycles. The van der Waals surface area contributed by atoms with Gasteiger partial charge in [0.05, 0.1) is 13.3 Å². The number of hydrogen-bond acceptors (Lipinski definition) is 5. The summed E-state index contributed by atoms with van der Waals surface area (Å²) in [6.07, 6.45) is 3.06. The van der Waals surface area contributed by atoms with Gasteiger partial charge in [-0.15, -0.1) is 0 Å². The van der Waals surface area contributed by atoms with Crippen molar-refractivity contribution in [3.8, 4) is 11.5 Å². The molecule has 24 heavy (non-hydrogen) atoms. The van der Waals surface area contributed by atoms with Gasteiger partial charge in [-0.2, -0.15) is 5.10 Å². The Morgan fingerprint density at radius 1 is 1.29 bits per heavy atom. The zero-order valence-electron chi connectivity index (χ0n) is 14.2. The number of amides is 2. The number of benzene rings is 1. The van der Waals surface area contributed by atoms with Crippen LogP contribution in [0.1, 0.15) is 19.4 Å². The lowest BCUT2D eigenvalue weighted by Crippen LogP contribution is -2.41. The van der Waals surface area contributed by atoms with Crippen molar-refractivity contribution in [1.82, 2.24) is 10.3 Å². The number of ether oxygens (including phenoxy) is 2. The van der Waals surface area contributed by atoms with Gasteiger partial charge < -0.3 is 14.4 Å². The molecule has 0 unspecified atom stereocenters. The van der Waals surface area contributed by atoms with Crippen molar-refractivity contribution in [2.45, 2.75) is 13.8 Å². The maximum absolute atomic E-state index is 11.8. The molecule has 0 aliphatic heterocycles. The maximum atomic E-state index is 11.8. The number of carbonyl (C=O) groups excluding carboxylic acids is 2. The summed E-state index contributed by atoms with van der Waals surface area (Å²) < 4.78 is 10.7. The summed E-state index contributed by atoms with van der Waals surface area (Å²) >= 11 is 0. The quantitative estimate of drug-likeness (QED) is 0.339. The SMILES string of the molecule is C=CCOc1ccc(/C=N\NC(=O)C(=O)N(CC)CC)cc1OC. The fourth-order valence-corrected chi connectivity index (χ4v) is 1.90. The molecule has 7 heteroatoms. The summed E-state index contributed by atoms with van der Waals surface area (Å²) in [5, 5.41) is 3.80. The summed E-state index contributed by atoms with van der Waals surface area (Å²) in [6, 6.07) is 5.19. The van der Waals surface area contributed by atoms with Gasteiger partial charge >= 0.3 is 11.8 Å². The minimum absolute atomic E-state index is 0.368. The minimum atomic E-state index is -0.771. The smallest absolute Gasteiger partial charge is 0.329 e. The van der Waals surface area contributed by atoms with Gasteiger partial charge in [0.25, 0.3) is 0 Å². The fraction of sp³-hybridized carbons (Fsp3) is 0.353. The van der Waals surface area contributed by atoms with Crippen LogP contribution in [0, 0.1) is 0 Å². The molecule has 0 saturated heterocycles. The standard InChI is InChI=1S/C17H23N3O4/c1-5-10-24-14-9-8-13(11-15(14)23-4)12-18-19-16(21)17(22)20(6-2)7-3/h5,8-9,11-12H,1,6-7,10H2,2-4H3,(H,19,21)/b18-12-. The van der Waals surface area contributed by atoms with Gasteiger partial charge in [0.2, 0.25) is 0 Å². The monoisotopic (exact) mass is 333 g/mol. The fourth-order valence-electron chi connectivity index (χ4n) is 1.90. The number of nitrogens with one attached hydrogen (secondary N) is 1. The molecule has 2 amide bonds. The van der Waals surface area contributed by atoms with Gasteiger partial charge in [-0.25, -0.2) is 5.43 Å². The molecule has 0 bridgehead atoms. The van der Waals surface area contributed by atoms with E-state index in [1.54, 1.807) is 38.1 Å². The highest BCUT2D eigenvalue weighted by Crippen LogP contribution is 2.27. The Labute approximate surface area is 141 Å².